The first kappa shape index (κ1) is 17.4. The molecule has 0 unspecified atom stereocenters. The van der Waals surface area contributed by atoms with Crippen LogP contribution in [0.4, 0.5) is 5.82 Å². The zero-order valence-electron chi connectivity index (χ0n) is 15.5. The lowest BCUT2D eigenvalue weighted by Gasteiger charge is -2.36. The molecule has 4 rings (SSSR count). The van der Waals surface area contributed by atoms with Crippen LogP contribution in [0.25, 0.3) is 0 Å². The summed E-state index contributed by atoms with van der Waals surface area (Å²) in [4.78, 5) is 14.2. The topological polar surface area (TPSA) is 52.5 Å². The van der Waals surface area contributed by atoms with Crippen LogP contribution in [-0.4, -0.2) is 58.8 Å². The molecule has 2 aliphatic rings. The number of aliphatic hydroxyl groups excluding tert-OH is 1. The van der Waals surface area contributed by atoms with E-state index < -0.39 is 0 Å². The second-order valence-electron chi connectivity index (χ2n) is 7.58. The number of nitrogens with zero attached hydrogens (tertiary/aromatic N) is 4. The first-order valence-corrected chi connectivity index (χ1v) is 9.72. The average Bonchev–Trinajstić information content (AvgIpc) is 2.64. The van der Waals surface area contributed by atoms with Crippen molar-refractivity contribution >= 4 is 5.82 Å². The Labute approximate surface area is 155 Å². The van der Waals surface area contributed by atoms with Gasteiger partial charge in [-0.1, -0.05) is 30.3 Å². The van der Waals surface area contributed by atoms with Gasteiger partial charge in [0.25, 0.3) is 0 Å². The van der Waals surface area contributed by atoms with Crippen molar-refractivity contribution in [2.45, 2.75) is 38.2 Å². The summed E-state index contributed by atoms with van der Waals surface area (Å²) in [7, 11) is 0. The van der Waals surface area contributed by atoms with Crippen LogP contribution in [0.2, 0.25) is 0 Å². The predicted molar refractivity (Wildman–Crippen MR) is 104 cm³/mol. The lowest BCUT2D eigenvalue weighted by Crippen LogP contribution is -2.47. The van der Waals surface area contributed by atoms with Gasteiger partial charge in [-0.15, -0.1) is 0 Å². The maximum atomic E-state index is 9.57. The molecule has 1 aromatic carbocycles. The monoisotopic (exact) mass is 352 g/mol. The highest BCUT2D eigenvalue weighted by atomic mass is 16.3. The van der Waals surface area contributed by atoms with Gasteiger partial charge in [0.2, 0.25) is 0 Å². The standard InChI is InChI=1S/C21H28N4O/c1-16-22-20(18-13-19(26)14-18)15-21(23-16)25-11-9-24(10-12-25)8-7-17-5-3-2-4-6-17/h2-6,15,18-19,26H,7-14H2,1H3. The van der Waals surface area contributed by atoms with Gasteiger partial charge in [-0.2, -0.15) is 0 Å². The molecule has 1 N–H and O–H groups in total. The van der Waals surface area contributed by atoms with E-state index in [0.29, 0.717) is 5.92 Å². The minimum Gasteiger partial charge on any atom is -0.393 e. The third-order valence-corrected chi connectivity index (χ3v) is 5.63. The maximum absolute atomic E-state index is 9.57. The lowest BCUT2D eigenvalue weighted by atomic mass is 9.80. The first-order chi connectivity index (χ1) is 12.7. The Bertz CT molecular complexity index is 722. The molecule has 2 fully saturated rings. The Morgan fingerprint density at radius 1 is 1.04 bits per heavy atom. The number of benzene rings is 1. The molecule has 0 radical (unpaired) electrons. The molecule has 26 heavy (non-hydrogen) atoms. The van der Waals surface area contributed by atoms with Crippen molar-refractivity contribution in [2.24, 2.45) is 0 Å². The molecule has 0 atom stereocenters. The average molecular weight is 352 g/mol. The van der Waals surface area contributed by atoms with E-state index in [1.165, 1.54) is 5.56 Å². The smallest absolute Gasteiger partial charge is 0.132 e. The number of hydrogen-bond donors (Lipinski definition) is 1. The molecule has 1 aliphatic heterocycles. The number of rotatable bonds is 5. The lowest BCUT2D eigenvalue weighted by molar-refractivity contribution is 0.0731. The normalized spacial score (nSPS) is 23.7. The number of anilines is 1. The van der Waals surface area contributed by atoms with E-state index >= 15 is 0 Å². The molecule has 0 amide bonds. The molecule has 5 nitrogen and oxygen atoms in total. The van der Waals surface area contributed by atoms with Crippen LogP contribution < -0.4 is 4.90 Å². The Hall–Kier alpha value is -1.98. The van der Waals surface area contributed by atoms with Crippen molar-refractivity contribution in [2.75, 3.05) is 37.6 Å². The van der Waals surface area contributed by atoms with E-state index in [9.17, 15) is 5.11 Å². The second kappa shape index (κ2) is 7.72. The molecule has 0 bridgehead atoms. The number of aliphatic hydroxyl groups is 1. The van der Waals surface area contributed by atoms with Gasteiger partial charge in [-0.05, 0) is 31.7 Å². The largest absolute Gasteiger partial charge is 0.393 e. The summed E-state index contributed by atoms with van der Waals surface area (Å²) in [6, 6.07) is 12.9. The summed E-state index contributed by atoms with van der Waals surface area (Å²) in [5, 5.41) is 9.57. The Morgan fingerprint density at radius 2 is 1.77 bits per heavy atom. The third kappa shape index (κ3) is 4.05. The zero-order chi connectivity index (χ0) is 17.9. The number of aromatic nitrogens is 2. The molecule has 5 heteroatoms. The third-order valence-electron chi connectivity index (χ3n) is 5.63. The van der Waals surface area contributed by atoms with Crippen molar-refractivity contribution in [3.05, 3.63) is 53.5 Å². The Morgan fingerprint density at radius 3 is 2.46 bits per heavy atom. The van der Waals surface area contributed by atoms with Crippen LogP contribution in [0.1, 0.15) is 35.8 Å². The highest BCUT2D eigenvalue weighted by molar-refractivity contribution is 5.41. The van der Waals surface area contributed by atoms with E-state index in [1.54, 1.807) is 0 Å². The zero-order valence-corrected chi connectivity index (χ0v) is 15.5. The molecule has 138 valence electrons. The van der Waals surface area contributed by atoms with Crippen LogP contribution in [0.3, 0.4) is 0 Å². The fourth-order valence-electron chi connectivity index (χ4n) is 3.91. The first-order valence-electron chi connectivity index (χ1n) is 9.72. The van der Waals surface area contributed by atoms with Crippen LogP contribution in [-0.2, 0) is 6.42 Å². The van der Waals surface area contributed by atoms with Crippen molar-refractivity contribution in [3.8, 4) is 0 Å². The molecule has 1 saturated heterocycles. The number of piperazine rings is 1. The maximum Gasteiger partial charge on any atom is 0.132 e. The Balaban J connectivity index is 1.33. The van der Waals surface area contributed by atoms with Crippen molar-refractivity contribution < 1.29 is 5.11 Å². The van der Waals surface area contributed by atoms with Crippen LogP contribution in [0, 0.1) is 6.92 Å². The van der Waals surface area contributed by atoms with Gasteiger partial charge >= 0.3 is 0 Å². The SMILES string of the molecule is Cc1nc(C2CC(O)C2)cc(N2CCN(CCc3ccccc3)CC2)n1. The van der Waals surface area contributed by atoms with E-state index in [4.69, 9.17) is 0 Å². The van der Waals surface area contributed by atoms with Crippen LogP contribution in [0.5, 0.6) is 0 Å². The van der Waals surface area contributed by atoms with Gasteiger partial charge in [-0.25, -0.2) is 9.97 Å². The van der Waals surface area contributed by atoms with Crippen LogP contribution in [0.15, 0.2) is 36.4 Å². The molecule has 2 heterocycles. The van der Waals surface area contributed by atoms with E-state index in [0.717, 1.165) is 69.3 Å². The highest BCUT2D eigenvalue weighted by Crippen LogP contribution is 2.36. The number of hydrogen-bond acceptors (Lipinski definition) is 5. The number of aryl methyl sites for hydroxylation is 1. The molecule has 1 aliphatic carbocycles. The molecule has 2 aromatic rings. The predicted octanol–water partition coefficient (Wildman–Crippen LogP) is 2.39. The second-order valence-corrected chi connectivity index (χ2v) is 7.58. The molecule has 1 aromatic heterocycles. The van der Waals surface area contributed by atoms with Crippen LogP contribution >= 0.6 is 0 Å². The fraction of sp³-hybridized carbons (Fsp3) is 0.524. The van der Waals surface area contributed by atoms with E-state index in [1.807, 2.05) is 6.92 Å². The molecule has 0 spiro atoms. The summed E-state index contributed by atoms with van der Waals surface area (Å²) in [6.45, 7) is 7.26. The summed E-state index contributed by atoms with van der Waals surface area (Å²) in [5.41, 5.74) is 2.51. The summed E-state index contributed by atoms with van der Waals surface area (Å²) < 4.78 is 0. The fourth-order valence-corrected chi connectivity index (χ4v) is 3.91. The van der Waals surface area contributed by atoms with Crippen molar-refractivity contribution in [1.82, 2.24) is 14.9 Å². The van der Waals surface area contributed by atoms with Gasteiger partial charge < -0.3 is 10.0 Å². The van der Waals surface area contributed by atoms with Gasteiger partial charge in [0.05, 0.1) is 6.10 Å². The summed E-state index contributed by atoms with van der Waals surface area (Å²) >= 11 is 0. The van der Waals surface area contributed by atoms with Gasteiger partial charge in [0.15, 0.2) is 0 Å². The van der Waals surface area contributed by atoms with Gasteiger partial charge in [-0.3, -0.25) is 4.90 Å². The van der Waals surface area contributed by atoms with Gasteiger partial charge in [0.1, 0.15) is 11.6 Å². The Kier molecular flexibility index (Phi) is 5.18. The minimum absolute atomic E-state index is 0.146. The quantitative estimate of drug-likeness (QED) is 0.895. The summed E-state index contributed by atoms with van der Waals surface area (Å²) in [5.74, 6) is 2.29. The highest BCUT2D eigenvalue weighted by Gasteiger charge is 2.30. The summed E-state index contributed by atoms with van der Waals surface area (Å²) in [6.07, 6.45) is 2.64. The minimum atomic E-state index is -0.146. The molecular formula is C21H28N4O. The van der Waals surface area contributed by atoms with Crippen molar-refractivity contribution in [3.63, 3.8) is 0 Å². The van der Waals surface area contributed by atoms with Crippen molar-refractivity contribution in [1.29, 1.82) is 0 Å². The van der Waals surface area contributed by atoms with E-state index in [2.05, 4.69) is 56.2 Å². The molecular weight excluding hydrogens is 324 g/mol. The molecule has 1 saturated carbocycles. The van der Waals surface area contributed by atoms with Gasteiger partial charge in [0, 0.05) is 50.4 Å². The van der Waals surface area contributed by atoms with E-state index in [-0.39, 0.29) is 6.10 Å².